The van der Waals surface area contributed by atoms with Crippen LogP contribution in [0.3, 0.4) is 0 Å². The van der Waals surface area contributed by atoms with Crippen LogP contribution in [0.15, 0.2) is 36.5 Å². The molecule has 0 aliphatic heterocycles. The molecule has 0 radical (unpaired) electrons. The molecule has 0 saturated heterocycles. The molecular weight excluding hydrogens is 237 g/mol. The molecule has 0 saturated carbocycles. The summed E-state index contributed by atoms with van der Waals surface area (Å²) in [6.45, 7) is 1.68. The summed E-state index contributed by atoms with van der Waals surface area (Å²) < 4.78 is 18.4. The first-order chi connectivity index (χ1) is 8.58. The standard InChI is InChI=1S/C13H10FNO3/c1-8-7-9(14)4-5-10(8)18-11-3-2-6-15-12(11)13(16)17/h2-7H,1H3,(H,16,17). The summed E-state index contributed by atoms with van der Waals surface area (Å²) in [7, 11) is 0. The maximum Gasteiger partial charge on any atom is 0.358 e. The number of hydrogen-bond acceptors (Lipinski definition) is 3. The van der Waals surface area contributed by atoms with Crippen molar-refractivity contribution in [1.29, 1.82) is 0 Å². The van der Waals surface area contributed by atoms with E-state index >= 15 is 0 Å². The fourth-order valence-corrected chi connectivity index (χ4v) is 1.48. The van der Waals surface area contributed by atoms with E-state index in [0.717, 1.165) is 0 Å². The Morgan fingerprint density at radius 2 is 2.11 bits per heavy atom. The van der Waals surface area contributed by atoms with Crippen molar-refractivity contribution >= 4 is 5.97 Å². The van der Waals surface area contributed by atoms with Gasteiger partial charge >= 0.3 is 5.97 Å². The molecule has 0 atom stereocenters. The summed E-state index contributed by atoms with van der Waals surface area (Å²) in [5.41, 5.74) is 0.399. The molecule has 0 aliphatic rings. The Hall–Kier alpha value is -2.43. The minimum absolute atomic E-state index is 0.125. The molecule has 5 heteroatoms. The maximum absolute atomic E-state index is 12.9. The van der Waals surface area contributed by atoms with Crippen molar-refractivity contribution in [3.8, 4) is 11.5 Å². The van der Waals surface area contributed by atoms with Gasteiger partial charge in [0.05, 0.1) is 0 Å². The van der Waals surface area contributed by atoms with Crippen LogP contribution in [0.1, 0.15) is 16.1 Å². The lowest BCUT2D eigenvalue weighted by Gasteiger charge is -2.09. The number of aryl methyl sites for hydroxylation is 1. The molecule has 2 aromatic rings. The zero-order chi connectivity index (χ0) is 13.1. The lowest BCUT2D eigenvalue weighted by atomic mass is 10.2. The summed E-state index contributed by atoms with van der Waals surface area (Å²) in [6, 6.07) is 7.08. The zero-order valence-electron chi connectivity index (χ0n) is 9.55. The van der Waals surface area contributed by atoms with Crippen LogP contribution in [-0.4, -0.2) is 16.1 Å². The van der Waals surface area contributed by atoms with E-state index in [1.807, 2.05) is 0 Å². The first-order valence-electron chi connectivity index (χ1n) is 5.20. The third-order valence-corrected chi connectivity index (χ3v) is 2.33. The molecule has 0 amide bonds. The fraction of sp³-hybridized carbons (Fsp3) is 0.0769. The van der Waals surface area contributed by atoms with Crippen molar-refractivity contribution in [1.82, 2.24) is 4.98 Å². The molecule has 0 bridgehead atoms. The molecule has 0 fully saturated rings. The van der Waals surface area contributed by atoms with E-state index in [4.69, 9.17) is 9.84 Å². The van der Waals surface area contributed by atoms with Crippen LogP contribution < -0.4 is 4.74 Å². The summed E-state index contributed by atoms with van der Waals surface area (Å²) in [5, 5.41) is 8.95. The topological polar surface area (TPSA) is 59.4 Å². The van der Waals surface area contributed by atoms with Gasteiger partial charge in [0, 0.05) is 6.20 Å². The van der Waals surface area contributed by atoms with Crippen LogP contribution in [0.25, 0.3) is 0 Å². The highest BCUT2D eigenvalue weighted by Crippen LogP contribution is 2.27. The van der Waals surface area contributed by atoms with Crippen LogP contribution in [0, 0.1) is 12.7 Å². The van der Waals surface area contributed by atoms with Crippen LogP contribution in [0.2, 0.25) is 0 Å². The summed E-state index contributed by atoms with van der Waals surface area (Å²) in [6.07, 6.45) is 1.37. The Morgan fingerprint density at radius 1 is 1.33 bits per heavy atom. The first-order valence-corrected chi connectivity index (χ1v) is 5.20. The first kappa shape index (κ1) is 12.0. The van der Waals surface area contributed by atoms with E-state index in [0.29, 0.717) is 11.3 Å². The molecule has 18 heavy (non-hydrogen) atoms. The number of aromatic carboxylic acids is 1. The number of carboxylic acids is 1. The molecule has 1 aromatic heterocycles. The smallest absolute Gasteiger partial charge is 0.358 e. The van der Waals surface area contributed by atoms with E-state index in [9.17, 15) is 9.18 Å². The van der Waals surface area contributed by atoms with Crippen molar-refractivity contribution in [2.45, 2.75) is 6.92 Å². The lowest BCUT2D eigenvalue weighted by molar-refractivity contribution is 0.0687. The Balaban J connectivity index is 2.37. The van der Waals surface area contributed by atoms with Crippen LogP contribution in [0.4, 0.5) is 4.39 Å². The molecule has 1 aromatic carbocycles. The van der Waals surface area contributed by atoms with Gasteiger partial charge < -0.3 is 9.84 Å². The van der Waals surface area contributed by atoms with Crippen LogP contribution >= 0.6 is 0 Å². The van der Waals surface area contributed by atoms with E-state index in [-0.39, 0.29) is 17.3 Å². The van der Waals surface area contributed by atoms with Crippen LogP contribution in [0.5, 0.6) is 11.5 Å². The SMILES string of the molecule is Cc1cc(F)ccc1Oc1cccnc1C(=O)O. The number of benzene rings is 1. The number of carboxylic acid groups (broad SMARTS) is 1. The molecule has 4 nitrogen and oxygen atoms in total. The van der Waals surface area contributed by atoms with Crippen LogP contribution in [-0.2, 0) is 0 Å². The molecule has 92 valence electrons. The monoisotopic (exact) mass is 247 g/mol. The Morgan fingerprint density at radius 3 is 2.78 bits per heavy atom. The average Bonchev–Trinajstić information content (AvgIpc) is 2.33. The van der Waals surface area contributed by atoms with Gasteiger partial charge in [0.1, 0.15) is 11.6 Å². The molecular formula is C13H10FNO3. The number of rotatable bonds is 3. The van der Waals surface area contributed by atoms with E-state index in [1.54, 1.807) is 13.0 Å². The Bertz CT molecular complexity index is 599. The van der Waals surface area contributed by atoms with Crippen molar-refractivity contribution in [2.24, 2.45) is 0 Å². The van der Waals surface area contributed by atoms with E-state index in [2.05, 4.69) is 4.98 Å². The number of carbonyl (C=O) groups is 1. The average molecular weight is 247 g/mol. The van der Waals surface area contributed by atoms with Gasteiger partial charge in [-0.15, -0.1) is 0 Å². The van der Waals surface area contributed by atoms with E-state index in [1.165, 1.54) is 30.5 Å². The lowest BCUT2D eigenvalue weighted by Crippen LogP contribution is -2.03. The highest BCUT2D eigenvalue weighted by molar-refractivity contribution is 5.88. The van der Waals surface area contributed by atoms with Gasteiger partial charge in [0.15, 0.2) is 11.4 Å². The van der Waals surface area contributed by atoms with Gasteiger partial charge in [-0.1, -0.05) is 0 Å². The number of ether oxygens (including phenoxy) is 1. The number of halogens is 1. The highest BCUT2D eigenvalue weighted by Gasteiger charge is 2.13. The van der Waals surface area contributed by atoms with Crippen molar-refractivity contribution in [2.75, 3.05) is 0 Å². The molecule has 0 aliphatic carbocycles. The predicted octanol–water partition coefficient (Wildman–Crippen LogP) is 3.02. The second-order valence-electron chi connectivity index (χ2n) is 3.67. The van der Waals surface area contributed by atoms with Gasteiger partial charge in [0.2, 0.25) is 0 Å². The zero-order valence-corrected chi connectivity index (χ0v) is 9.55. The highest BCUT2D eigenvalue weighted by atomic mass is 19.1. The molecule has 1 heterocycles. The number of pyridine rings is 1. The minimum Gasteiger partial charge on any atom is -0.476 e. The maximum atomic E-state index is 12.9. The summed E-state index contributed by atoms with van der Waals surface area (Å²) in [4.78, 5) is 14.7. The number of nitrogens with zero attached hydrogens (tertiary/aromatic N) is 1. The van der Waals surface area contributed by atoms with Crippen molar-refractivity contribution < 1.29 is 19.0 Å². The largest absolute Gasteiger partial charge is 0.476 e. The predicted molar refractivity (Wildman–Crippen MR) is 62.4 cm³/mol. The third kappa shape index (κ3) is 2.45. The van der Waals surface area contributed by atoms with Gasteiger partial charge in [-0.3, -0.25) is 0 Å². The fourth-order valence-electron chi connectivity index (χ4n) is 1.48. The normalized spacial score (nSPS) is 10.1. The summed E-state index contributed by atoms with van der Waals surface area (Å²) >= 11 is 0. The van der Waals surface area contributed by atoms with Crippen molar-refractivity contribution in [3.05, 3.63) is 53.6 Å². The van der Waals surface area contributed by atoms with Gasteiger partial charge in [-0.05, 0) is 42.8 Å². The van der Waals surface area contributed by atoms with Crippen molar-refractivity contribution in [3.63, 3.8) is 0 Å². The number of hydrogen-bond donors (Lipinski definition) is 1. The Labute approximate surface area is 103 Å². The quantitative estimate of drug-likeness (QED) is 0.905. The summed E-state index contributed by atoms with van der Waals surface area (Å²) in [5.74, 6) is -1.03. The van der Waals surface area contributed by atoms with Gasteiger partial charge in [-0.2, -0.15) is 0 Å². The molecule has 1 N–H and O–H groups in total. The Kier molecular flexibility index (Phi) is 3.23. The molecule has 0 unspecified atom stereocenters. The number of aromatic nitrogens is 1. The van der Waals surface area contributed by atoms with Gasteiger partial charge in [0.25, 0.3) is 0 Å². The molecule has 2 rings (SSSR count). The van der Waals surface area contributed by atoms with E-state index < -0.39 is 5.97 Å². The molecule has 0 spiro atoms. The minimum atomic E-state index is -1.18. The van der Waals surface area contributed by atoms with Gasteiger partial charge in [-0.25, -0.2) is 14.2 Å². The second kappa shape index (κ2) is 4.83. The second-order valence-corrected chi connectivity index (χ2v) is 3.67. The third-order valence-electron chi connectivity index (χ3n) is 2.33.